The first-order valence-electron chi connectivity index (χ1n) is 15.7. The molecule has 48 heavy (non-hydrogen) atoms. The maximum Gasteiger partial charge on any atom is 0.274 e. The third-order valence-electron chi connectivity index (χ3n) is 8.08. The smallest absolute Gasteiger partial charge is 0.274 e. The molecule has 0 saturated carbocycles. The minimum absolute atomic E-state index is 0.000159. The molecule has 0 radical (unpaired) electrons. The summed E-state index contributed by atoms with van der Waals surface area (Å²) in [5.41, 5.74) is 6.63. The number of amides is 2. The molecule has 0 fully saturated rings. The highest BCUT2D eigenvalue weighted by molar-refractivity contribution is 6.05. The van der Waals surface area contributed by atoms with Gasteiger partial charge in [-0.05, 0) is 62.1 Å². The largest absolute Gasteiger partial charge is 0.496 e. The van der Waals surface area contributed by atoms with Gasteiger partial charge in [0.2, 0.25) is 0 Å². The number of hydrogen-bond donors (Lipinski definition) is 6. The molecule has 0 spiro atoms. The highest BCUT2D eigenvalue weighted by Gasteiger charge is 2.18. The van der Waals surface area contributed by atoms with Gasteiger partial charge in [-0.15, -0.1) is 0 Å². The molecule has 0 aliphatic rings. The number of nitrogens with one attached hydrogen (secondary N) is 4. The van der Waals surface area contributed by atoms with Crippen molar-refractivity contribution in [3.8, 4) is 22.6 Å². The van der Waals surface area contributed by atoms with Gasteiger partial charge in [0.25, 0.3) is 11.8 Å². The molecule has 254 valence electrons. The zero-order valence-electron chi connectivity index (χ0n) is 28.2. The lowest BCUT2D eigenvalue weighted by Gasteiger charge is -2.17. The fourth-order valence-corrected chi connectivity index (χ4v) is 5.02. The second kappa shape index (κ2) is 16.8. The number of ether oxygens (including phenoxy) is 2. The van der Waals surface area contributed by atoms with E-state index >= 15 is 0 Å². The van der Waals surface area contributed by atoms with Crippen LogP contribution in [0.25, 0.3) is 11.1 Å². The minimum Gasteiger partial charge on any atom is -0.496 e. The van der Waals surface area contributed by atoms with Gasteiger partial charge in [-0.25, -0.2) is 0 Å². The summed E-state index contributed by atoms with van der Waals surface area (Å²) in [7, 11) is 3.07. The number of carbonyl (C=O) groups is 2. The number of nitrogens with zero attached hydrogens (tertiary/aromatic N) is 2. The second-order valence-corrected chi connectivity index (χ2v) is 11.6. The van der Waals surface area contributed by atoms with Crippen LogP contribution in [0.4, 0.5) is 11.4 Å². The third-order valence-corrected chi connectivity index (χ3v) is 8.08. The summed E-state index contributed by atoms with van der Waals surface area (Å²) < 4.78 is 11.0. The SMILES string of the molecule is COc1cc(C(=O)Nc2cccc(-c3cccc(NC(=O)c4cc(OC)c(CN[C@H](C)CO)cn4)c3C)c2C)ncc1CN[C@H](C)CO. The number of hydrogen-bond acceptors (Lipinski definition) is 10. The maximum absolute atomic E-state index is 13.3. The first-order valence-corrected chi connectivity index (χ1v) is 15.7. The molecule has 0 bridgehead atoms. The van der Waals surface area contributed by atoms with Crippen molar-refractivity contribution >= 4 is 23.2 Å². The van der Waals surface area contributed by atoms with Crippen LogP contribution >= 0.6 is 0 Å². The van der Waals surface area contributed by atoms with Gasteiger partial charge in [0.1, 0.15) is 22.9 Å². The molecule has 12 heteroatoms. The molecule has 0 aliphatic heterocycles. The van der Waals surface area contributed by atoms with Crippen molar-refractivity contribution in [3.05, 3.63) is 94.6 Å². The number of aliphatic hydroxyl groups is 2. The number of aliphatic hydroxyl groups excluding tert-OH is 2. The van der Waals surface area contributed by atoms with E-state index in [0.29, 0.717) is 36.0 Å². The Morgan fingerprint density at radius 3 is 1.46 bits per heavy atom. The summed E-state index contributed by atoms with van der Waals surface area (Å²) in [6, 6.07) is 14.3. The van der Waals surface area contributed by atoms with Crippen LogP contribution < -0.4 is 30.7 Å². The summed E-state index contributed by atoms with van der Waals surface area (Å²) in [5, 5.41) is 30.9. The number of carbonyl (C=O) groups excluding carboxylic acids is 2. The van der Waals surface area contributed by atoms with Crippen LogP contribution in [0.2, 0.25) is 0 Å². The van der Waals surface area contributed by atoms with E-state index in [2.05, 4.69) is 31.2 Å². The Morgan fingerprint density at radius 2 is 1.10 bits per heavy atom. The topological polar surface area (TPSA) is 167 Å². The van der Waals surface area contributed by atoms with E-state index in [-0.39, 0.29) is 48.5 Å². The Kier molecular flexibility index (Phi) is 12.6. The molecule has 2 amide bonds. The van der Waals surface area contributed by atoms with E-state index in [0.717, 1.165) is 33.4 Å². The van der Waals surface area contributed by atoms with Crippen LogP contribution in [0.1, 0.15) is 57.1 Å². The molecule has 2 atom stereocenters. The summed E-state index contributed by atoms with van der Waals surface area (Å²) >= 11 is 0. The van der Waals surface area contributed by atoms with Gasteiger partial charge in [-0.2, -0.15) is 0 Å². The first-order chi connectivity index (χ1) is 23.1. The molecule has 0 aliphatic carbocycles. The number of methoxy groups -OCH3 is 2. The van der Waals surface area contributed by atoms with Crippen molar-refractivity contribution in [2.24, 2.45) is 0 Å². The fraction of sp³-hybridized carbons (Fsp3) is 0.333. The van der Waals surface area contributed by atoms with Crippen molar-refractivity contribution in [1.29, 1.82) is 0 Å². The summed E-state index contributed by atoms with van der Waals surface area (Å²) in [6.45, 7) is 8.44. The number of anilines is 2. The van der Waals surface area contributed by atoms with Gasteiger partial charge in [0.05, 0.1) is 27.4 Å². The molecular weight excluding hydrogens is 612 g/mol. The number of aromatic nitrogens is 2. The van der Waals surface area contributed by atoms with Gasteiger partial charge in [0, 0.05) is 72.2 Å². The highest BCUT2D eigenvalue weighted by atomic mass is 16.5. The average molecular weight is 657 g/mol. The van der Waals surface area contributed by atoms with E-state index in [9.17, 15) is 19.8 Å². The Labute approximate surface area is 280 Å². The van der Waals surface area contributed by atoms with E-state index in [1.165, 1.54) is 14.2 Å². The number of rotatable bonds is 15. The molecule has 2 aromatic carbocycles. The lowest BCUT2D eigenvalue weighted by atomic mass is 9.94. The number of benzene rings is 2. The zero-order chi connectivity index (χ0) is 34.8. The molecule has 6 N–H and O–H groups in total. The first kappa shape index (κ1) is 36.0. The molecule has 0 saturated heterocycles. The van der Waals surface area contributed by atoms with Gasteiger partial charge >= 0.3 is 0 Å². The molecule has 2 heterocycles. The average Bonchev–Trinajstić information content (AvgIpc) is 3.11. The van der Waals surface area contributed by atoms with Crippen LogP contribution in [-0.2, 0) is 13.1 Å². The summed E-state index contributed by atoms with van der Waals surface area (Å²) in [5.74, 6) is 0.258. The highest BCUT2D eigenvalue weighted by Crippen LogP contribution is 2.34. The second-order valence-electron chi connectivity index (χ2n) is 11.6. The minimum atomic E-state index is -0.387. The predicted molar refractivity (Wildman–Crippen MR) is 186 cm³/mol. The molecule has 2 aromatic heterocycles. The van der Waals surface area contributed by atoms with Gasteiger partial charge in [-0.3, -0.25) is 19.6 Å². The molecular formula is C36H44N6O6. The van der Waals surface area contributed by atoms with Crippen LogP contribution in [0.3, 0.4) is 0 Å². The van der Waals surface area contributed by atoms with Crippen LogP contribution in [0.5, 0.6) is 11.5 Å². The van der Waals surface area contributed by atoms with E-state index in [4.69, 9.17) is 9.47 Å². The van der Waals surface area contributed by atoms with Crippen molar-refractivity contribution in [3.63, 3.8) is 0 Å². The monoisotopic (exact) mass is 656 g/mol. The van der Waals surface area contributed by atoms with Crippen molar-refractivity contribution in [1.82, 2.24) is 20.6 Å². The molecule has 4 aromatic rings. The Bertz CT molecular complexity index is 1620. The summed E-state index contributed by atoms with van der Waals surface area (Å²) in [6.07, 6.45) is 3.18. The Hall–Kier alpha value is -4.88. The third kappa shape index (κ3) is 8.72. The Balaban J connectivity index is 1.52. The van der Waals surface area contributed by atoms with Crippen LogP contribution in [0, 0.1) is 13.8 Å². The van der Waals surface area contributed by atoms with Crippen molar-refractivity contribution in [2.75, 3.05) is 38.1 Å². The standard InChI is InChI=1S/C36H44N6O6/c1-21(19-43)37-15-25-17-39-31(13-33(25)47-5)35(45)41-29-11-7-9-27(23(29)3)28-10-8-12-30(24(28)4)42-36(46)32-14-34(48-6)26(18-40-32)16-38-22(2)20-44/h7-14,17-18,21-22,37-38,43-44H,15-16,19-20H2,1-6H3,(H,41,45)(H,42,46)/t21-,22-/m1/s1. The van der Waals surface area contributed by atoms with Gasteiger partial charge in [-0.1, -0.05) is 24.3 Å². The normalized spacial score (nSPS) is 12.2. The van der Waals surface area contributed by atoms with Gasteiger partial charge < -0.3 is 41.0 Å². The molecule has 12 nitrogen and oxygen atoms in total. The molecule has 0 unspecified atom stereocenters. The fourth-order valence-electron chi connectivity index (χ4n) is 5.02. The number of pyridine rings is 2. The maximum atomic E-state index is 13.3. The zero-order valence-corrected chi connectivity index (χ0v) is 28.2. The van der Waals surface area contributed by atoms with E-state index < -0.39 is 0 Å². The summed E-state index contributed by atoms with van der Waals surface area (Å²) in [4.78, 5) is 35.3. The van der Waals surface area contributed by atoms with Gasteiger partial charge in [0.15, 0.2) is 0 Å². The molecule has 4 rings (SSSR count). The lowest BCUT2D eigenvalue weighted by Crippen LogP contribution is -2.29. The van der Waals surface area contributed by atoms with Crippen molar-refractivity contribution in [2.45, 2.75) is 52.9 Å². The van der Waals surface area contributed by atoms with Crippen molar-refractivity contribution < 1.29 is 29.3 Å². The van der Waals surface area contributed by atoms with Crippen LogP contribution in [-0.4, -0.2) is 71.5 Å². The Morgan fingerprint density at radius 1 is 0.708 bits per heavy atom. The lowest BCUT2D eigenvalue weighted by molar-refractivity contribution is 0.101. The van der Waals surface area contributed by atoms with E-state index in [1.54, 1.807) is 24.5 Å². The quantitative estimate of drug-likeness (QED) is 0.109. The van der Waals surface area contributed by atoms with E-state index in [1.807, 2.05) is 64.1 Å². The van der Waals surface area contributed by atoms with Crippen LogP contribution in [0.15, 0.2) is 60.9 Å². The predicted octanol–water partition coefficient (Wildman–Crippen LogP) is 4.22.